The van der Waals surface area contributed by atoms with Gasteiger partial charge in [-0.3, -0.25) is 10.1 Å². The summed E-state index contributed by atoms with van der Waals surface area (Å²) in [7, 11) is 0. The van der Waals surface area contributed by atoms with Crippen molar-refractivity contribution in [2.24, 2.45) is 0 Å². The molecule has 0 fully saturated rings. The third kappa shape index (κ3) is 1.76. The number of hydrogen-bond acceptors (Lipinski definition) is 4. The van der Waals surface area contributed by atoms with Crippen LogP contribution in [0.2, 0.25) is 0 Å². The normalized spacial score (nSPS) is 10.4. The summed E-state index contributed by atoms with van der Waals surface area (Å²) in [6, 6.07) is 6.95. The van der Waals surface area contributed by atoms with Crippen molar-refractivity contribution in [3.63, 3.8) is 0 Å². The molecule has 0 aromatic heterocycles. The smallest absolute Gasteiger partial charge is 0.337 e. The second-order valence-corrected chi connectivity index (χ2v) is 3.49. The van der Waals surface area contributed by atoms with Gasteiger partial charge in [-0.2, -0.15) is 0 Å². The Morgan fingerprint density at radius 3 is 2.59 bits per heavy atom. The molecule has 0 radical (unpaired) electrons. The Bertz CT molecular complexity index is 637. The second-order valence-electron chi connectivity index (χ2n) is 3.49. The van der Waals surface area contributed by atoms with Gasteiger partial charge in [-0.1, -0.05) is 6.07 Å². The zero-order chi connectivity index (χ0) is 12.6. The lowest BCUT2D eigenvalue weighted by molar-refractivity contribution is -0.384. The van der Waals surface area contributed by atoms with Gasteiger partial charge in [0.1, 0.15) is 0 Å². The molecule has 2 rings (SSSR count). The van der Waals surface area contributed by atoms with Crippen molar-refractivity contribution in [2.75, 3.05) is 5.73 Å². The van der Waals surface area contributed by atoms with E-state index in [2.05, 4.69) is 0 Å². The highest BCUT2D eigenvalue weighted by Gasteiger charge is 2.13. The van der Waals surface area contributed by atoms with Crippen molar-refractivity contribution in [2.45, 2.75) is 0 Å². The molecular weight excluding hydrogens is 224 g/mol. The van der Waals surface area contributed by atoms with Gasteiger partial charge in [-0.05, 0) is 17.5 Å². The molecule has 3 N–H and O–H groups in total. The maximum atomic E-state index is 10.9. The third-order valence-corrected chi connectivity index (χ3v) is 2.49. The van der Waals surface area contributed by atoms with Crippen molar-refractivity contribution in [1.82, 2.24) is 0 Å². The summed E-state index contributed by atoms with van der Waals surface area (Å²) >= 11 is 0. The van der Waals surface area contributed by atoms with E-state index in [9.17, 15) is 14.9 Å². The number of carbonyl (C=O) groups is 1. The summed E-state index contributed by atoms with van der Waals surface area (Å²) in [5.41, 5.74) is 5.75. The van der Waals surface area contributed by atoms with Crippen LogP contribution < -0.4 is 5.73 Å². The first-order chi connectivity index (χ1) is 8.00. The highest BCUT2D eigenvalue weighted by molar-refractivity contribution is 6.05. The molecule has 6 heteroatoms. The highest BCUT2D eigenvalue weighted by Crippen LogP contribution is 2.28. The Kier molecular flexibility index (Phi) is 2.40. The minimum absolute atomic E-state index is 0.00801. The molecule has 17 heavy (non-hydrogen) atoms. The van der Waals surface area contributed by atoms with E-state index in [0.717, 1.165) is 0 Å². The number of nitrogen functional groups attached to an aromatic ring is 1. The van der Waals surface area contributed by atoms with Gasteiger partial charge in [0.25, 0.3) is 5.69 Å². The van der Waals surface area contributed by atoms with Gasteiger partial charge in [0.05, 0.1) is 16.2 Å². The van der Waals surface area contributed by atoms with Crippen LogP contribution in [0.1, 0.15) is 10.4 Å². The molecule has 0 saturated carbocycles. The lowest BCUT2D eigenvalue weighted by atomic mass is 10.0. The summed E-state index contributed by atoms with van der Waals surface area (Å²) in [6.45, 7) is 0. The summed E-state index contributed by atoms with van der Waals surface area (Å²) in [6.07, 6.45) is 0. The number of nitrogens with zero attached hydrogens (tertiary/aromatic N) is 1. The van der Waals surface area contributed by atoms with E-state index in [0.29, 0.717) is 10.8 Å². The van der Waals surface area contributed by atoms with E-state index in [1.165, 1.54) is 30.3 Å². The number of carboxylic acids is 1. The lowest BCUT2D eigenvalue weighted by Gasteiger charge is -2.05. The Labute approximate surface area is 95.4 Å². The molecule has 2 aromatic rings. The number of aromatic carboxylic acids is 1. The molecule has 86 valence electrons. The van der Waals surface area contributed by atoms with Crippen LogP contribution >= 0.6 is 0 Å². The number of carboxylic acid groups (broad SMARTS) is 1. The fourth-order valence-electron chi connectivity index (χ4n) is 1.64. The van der Waals surface area contributed by atoms with Gasteiger partial charge in [-0.25, -0.2) is 4.79 Å². The first-order valence-corrected chi connectivity index (χ1v) is 4.70. The largest absolute Gasteiger partial charge is 0.478 e. The molecule has 6 nitrogen and oxygen atoms in total. The number of hydrogen-bond donors (Lipinski definition) is 2. The molecule has 0 saturated heterocycles. The van der Waals surface area contributed by atoms with Crippen molar-refractivity contribution < 1.29 is 14.8 Å². The van der Waals surface area contributed by atoms with Crippen LogP contribution in [0.4, 0.5) is 11.4 Å². The molecule has 2 aromatic carbocycles. The molecule has 0 aliphatic rings. The molecule has 0 aliphatic carbocycles. The lowest BCUT2D eigenvalue weighted by Crippen LogP contribution is -2.02. The maximum Gasteiger partial charge on any atom is 0.337 e. The predicted octanol–water partition coefficient (Wildman–Crippen LogP) is 2.03. The van der Waals surface area contributed by atoms with Crippen LogP contribution in [0.25, 0.3) is 10.8 Å². The molecule has 0 bridgehead atoms. The first-order valence-electron chi connectivity index (χ1n) is 4.70. The maximum absolute atomic E-state index is 10.9. The van der Waals surface area contributed by atoms with Crippen LogP contribution in [0.15, 0.2) is 30.3 Å². The fourth-order valence-corrected chi connectivity index (χ4v) is 1.64. The number of anilines is 1. The van der Waals surface area contributed by atoms with Gasteiger partial charge in [0, 0.05) is 17.5 Å². The quantitative estimate of drug-likeness (QED) is 0.468. The summed E-state index contributed by atoms with van der Waals surface area (Å²) in [4.78, 5) is 20.9. The van der Waals surface area contributed by atoms with Gasteiger partial charge in [0.2, 0.25) is 0 Å². The standard InChI is InChI=1S/C11H8N2O4/c12-10-8-4-2-7(13(16)17)5-6(8)1-3-9(10)11(14)15/h1-5H,12H2,(H,14,15). The molecule has 0 unspecified atom stereocenters. The number of fused-ring (bicyclic) bond motifs is 1. The molecule has 0 heterocycles. The Morgan fingerprint density at radius 2 is 2.00 bits per heavy atom. The van der Waals surface area contributed by atoms with Crippen LogP contribution in [-0.4, -0.2) is 16.0 Å². The Hall–Kier alpha value is -2.63. The third-order valence-electron chi connectivity index (χ3n) is 2.49. The van der Waals surface area contributed by atoms with Crippen molar-refractivity contribution in [3.05, 3.63) is 46.0 Å². The molecule has 0 aliphatic heterocycles. The predicted molar refractivity (Wildman–Crippen MR) is 62.0 cm³/mol. The number of nitrogens with two attached hydrogens (primary N) is 1. The average Bonchev–Trinajstić information content (AvgIpc) is 2.28. The zero-order valence-electron chi connectivity index (χ0n) is 8.58. The second kappa shape index (κ2) is 3.75. The van der Waals surface area contributed by atoms with E-state index in [1.54, 1.807) is 0 Å². The molecule has 0 amide bonds. The van der Waals surface area contributed by atoms with Crippen LogP contribution in [-0.2, 0) is 0 Å². The van der Waals surface area contributed by atoms with E-state index < -0.39 is 10.9 Å². The number of nitro benzene ring substituents is 1. The number of rotatable bonds is 2. The van der Waals surface area contributed by atoms with Crippen molar-refractivity contribution in [1.29, 1.82) is 0 Å². The molecule has 0 atom stereocenters. The van der Waals surface area contributed by atoms with Gasteiger partial charge >= 0.3 is 5.97 Å². The number of non-ortho nitro benzene ring substituents is 1. The Balaban J connectivity index is 2.72. The number of benzene rings is 2. The molecule has 0 spiro atoms. The monoisotopic (exact) mass is 232 g/mol. The summed E-state index contributed by atoms with van der Waals surface area (Å²) < 4.78 is 0. The van der Waals surface area contributed by atoms with Crippen LogP contribution in [0.3, 0.4) is 0 Å². The van der Waals surface area contributed by atoms with Crippen LogP contribution in [0.5, 0.6) is 0 Å². The van der Waals surface area contributed by atoms with Crippen molar-refractivity contribution >= 4 is 28.1 Å². The van der Waals surface area contributed by atoms with Crippen molar-refractivity contribution in [3.8, 4) is 0 Å². The number of nitro groups is 1. The van der Waals surface area contributed by atoms with E-state index >= 15 is 0 Å². The van der Waals surface area contributed by atoms with E-state index in [-0.39, 0.29) is 16.9 Å². The van der Waals surface area contributed by atoms with Gasteiger partial charge in [-0.15, -0.1) is 0 Å². The summed E-state index contributed by atoms with van der Waals surface area (Å²) in [5.74, 6) is -1.12. The highest BCUT2D eigenvalue weighted by atomic mass is 16.6. The SMILES string of the molecule is Nc1c(C(=O)O)ccc2cc([N+](=O)[O-])ccc12. The minimum Gasteiger partial charge on any atom is -0.478 e. The van der Waals surface area contributed by atoms with E-state index in [4.69, 9.17) is 10.8 Å². The zero-order valence-corrected chi connectivity index (χ0v) is 8.58. The minimum atomic E-state index is -1.12. The van der Waals surface area contributed by atoms with Gasteiger partial charge in [0.15, 0.2) is 0 Å². The topological polar surface area (TPSA) is 106 Å². The van der Waals surface area contributed by atoms with Gasteiger partial charge < -0.3 is 10.8 Å². The average molecular weight is 232 g/mol. The Morgan fingerprint density at radius 1 is 1.29 bits per heavy atom. The first kappa shape index (κ1) is 10.9. The van der Waals surface area contributed by atoms with E-state index in [1.807, 2.05) is 0 Å². The summed E-state index contributed by atoms with van der Waals surface area (Å²) in [5, 5.41) is 20.5. The fraction of sp³-hybridized carbons (Fsp3) is 0. The van der Waals surface area contributed by atoms with Crippen LogP contribution in [0, 0.1) is 10.1 Å². The molecular formula is C11H8N2O4.